The zero-order valence-corrected chi connectivity index (χ0v) is 13.4. The molecule has 4 atom stereocenters. The van der Waals surface area contributed by atoms with Crippen molar-refractivity contribution in [2.24, 2.45) is 23.5 Å². The van der Waals surface area contributed by atoms with Crippen LogP contribution in [-0.2, 0) is 0 Å². The molecule has 0 radical (unpaired) electrons. The summed E-state index contributed by atoms with van der Waals surface area (Å²) in [6.45, 7) is 16.2. The number of nitrogens with two attached hydrogens (primary N) is 1. The van der Waals surface area contributed by atoms with Crippen molar-refractivity contribution >= 4 is 0 Å². The third-order valence-corrected chi connectivity index (χ3v) is 4.99. The van der Waals surface area contributed by atoms with Gasteiger partial charge in [-0.3, -0.25) is 4.90 Å². The average molecular weight is 254 g/mol. The van der Waals surface area contributed by atoms with Crippen molar-refractivity contribution in [2.45, 2.75) is 72.4 Å². The summed E-state index contributed by atoms with van der Waals surface area (Å²) in [6.07, 6.45) is 3.87. The maximum atomic E-state index is 6.14. The number of nitrogens with zero attached hydrogens (tertiary/aromatic N) is 1. The van der Waals surface area contributed by atoms with Gasteiger partial charge in [0.15, 0.2) is 0 Å². The summed E-state index contributed by atoms with van der Waals surface area (Å²) >= 11 is 0. The van der Waals surface area contributed by atoms with Gasteiger partial charge in [0.1, 0.15) is 0 Å². The lowest BCUT2D eigenvalue weighted by Gasteiger charge is -2.51. The molecule has 2 heteroatoms. The standard InChI is InChI=1S/C16H34N2/c1-12(2)7-8-16(6,11-17)18-10-13(3)9-14(4)15(18)5/h12-15H,7-11,17H2,1-6H3. The Kier molecular flexibility index (Phi) is 5.67. The van der Waals surface area contributed by atoms with Gasteiger partial charge in [-0.25, -0.2) is 0 Å². The van der Waals surface area contributed by atoms with Crippen LogP contribution in [0.4, 0.5) is 0 Å². The van der Waals surface area contributed by atoms with Gasteiger partial charge in [0.05, 0.1) is 0 Å². The molecule has 1 saturated heterocycles. The molecule has 2 N–H and O–H groups in total. The zero-order valence-electron chi connectivity index (χ0n) is 13.4. The first kappa shape index (κ1) is 16.0. The van der Waals surface area contributed by atoms with Crippen molar-refractivity contribution in [3.8, 4) is 0 Å². The van der Waals surface area contributed by atoms with Gasteiger partial charge in [-0.1, -0.05) is 27.7 Å². The second-order valence-corrected chi connectivity index (χ2v) is 7.34. The van der Waals surface area contributed by atoms with Crippen molar-refractivity contribution in [2.75, 3.05) is 13.1 Å². The number of piperidine rings is 1. The van der Waals surface area contributed by atoms with E-state index < -0.39 is 0 Å². The summed E-state index contributed by atoms with van der Waals surface area (Å²) in [4.78, 5) is 2.70. The van der Waals surface area contributed by atoms with Crippen molar-refractivity contribution in [3.05, 3.63) is 0 Å². The molecule has 4 unspecified atom stereocenters. The molecule has 0 aromatic carbocycles. The summed E-state index contributed by atoms with van der Waals surface area (Å²) in [5, 5.41) is 0. The number of hydrogen-bond donors (Lipinski definition) is 1. The van der Waals surface area contributed by atoms with Gasteiger partial charge in [-0.15, -0.1) is 0 Å². The van der Waals surface area contributed by atoms with Crippen LogP contribution in [0.2, 0.25) is 0 Å². The SMILES string of the molecule is CC(C)CCC(C)(CN)N1CC(C)CC(C)C1C. The molecule has 0 bridgehead atoms. The van der Waals surface area contributed by atoms with Crippen LogP contribution in [0, 0.1) is 17.8 Å². The van der Waals surface area contributed by atoms with Crippen molar-refractivity contribution < 1.29 is 0 Å². The molecule has 18 heavy (non-hydrogen) atoms. The average Bonchev–Trinajstić information content (AvgIpc) is 2.30. The van der Waals surface area contributed by atoms with Crippen LogP contribution in [0.15, 0.2) is 0 Å². The van der Waals surface area contributed by atoms with Crippen LogP contribution in [0.5, 0.6) is 0 Å². The van der Waals surface area contributed by atoms with Crippen LogP contribution in [0.1, 0.15) is 60.8 Å². The quantitative estimate of drug-likeness (QED) is 0.813. The monoisotopic (exact) mass is 254 g/mol. The molecule has 2 nitrogen and oxygen atoms in total. The molecule has 0 amide bonds. The summed E-state index contributed by atoms with van der Waals surface area (Å²) in [6, 6.07) is 0.668. The summed E-state index contributed by atoms with van der Waals surface area (Å²) in [5.41, 5.74) is 6.32. The minimum absolute atomic E-state index is 0.187. The van der Waals surface area contributed by atoms with Crippen molar-refractivity contribution in [1.82, 2.24) is 4.90 Å². The van der Waals surface area contributed by atoms with Gasteiger partial charge < -0.3 is 5.73 Å². The Morgan fingerprint density at radius 2 is 1.89 bits per heavy atom. The topological polar surface area (TPSA) is 29.3 Å². The summed E-state index contributed by atoms with van der Waals surface area (Å²) in [7, 11) is 0. The first-order valence-corrected chi connectivity index (χ1v) is 7.77. The number of rotatable bonds is 5. The van der Waals surface area contributed by atoms with Crippen LogP contribution in [-0.4, -0.2) is 29.6 Å². The molecule has 0 aromatic rings. The largest absolute Gasteiger partial charge is 0.329 e. The fourth-order valence-electron chi connectivity index (χ4n) is 3.39. The Bertz CT molecular complexity index is 251. The molecule has 0 saturated carbocycles. The lowest BCUT2D eigenvalue weighted by Crippen LogP contribution is -2.60. The number of hydrogen-bond acceptors (Lipinski definition) is 2. The first-order chi connectivity index (χ1) is 8.30. The van der Waals surface area contributed by atoms with E-state index in [9.17, 15) is 0 Å². The predicted octanol–water partition coefficient (Wildman–Crippen LogP) is 3.51. The Labute approximate surface area is 114 Å². The molecule has 1 aliphatic rings. The Morgan fingerprint density at radius 1 is 1.28 bits per heavy atom. The van der Waals surface area contributed by atoms with Crippen LogP contribution in [0.25, 0.3) is 0 Å². The fraction of sp³-hybridized carbons (Fsp3) is 1.00. The first-order valence-electron chi connectivity index (χ1n) is 7.77. The van der Waals surface area contributed by atoms with E-state index in [1.807, 2.05) is 0 Å². The van der Waals surface area contributed by atoms with Gasteiger partial charge in [0.25, 0.3) is 0 Å². The van der Waals surface area contributed by atoms with Crippen molar-refractivity contribution in [1.29, 1.82) is 0 Å². The molecule has 1 aliphatic heterocycles. The molecule has 1 rings (SSSR count). The third-order valence-electron chi connectivity index (χ3n) is 4.99. The van der Waals surface area contributed by atoms with E-state index in [0.717, 1.165) is 24.3 Å². The van der Waals surface area contributed by atoms with E-state index in [2.05, 4.69) is 46.4 Å². The molecule has 0 aromatic heterocycles. The lowest BCUT2D eigenvalue weighted by atomic mass is 9.80. The Morgan fingerprint density at radius 3 is 2.39 bits per heavy atom. The predicted molar refractivity (Wildman–Crippen MR) is 80.6 cm³/mol. The van der Waals surface area contributed by atoms with E-state index in [4.69, 9.17) is 5.73 Å². The maximum absolute atomic E-state index is 6.14. The third kappa shape index (κ3) is 3.71. The van der Waals surface area contributed by atoms with E-state index in [-0.39, 0.29) is 5.54 Å². The molecular formula is C16H34N2. The minimum Gasteiger partial charge on any atom is -0.329 e. The smallest absolute Gasteiger partial charge is 0.0306 e. The highest BCUT2D eigenvalue weighted by molar-refractivity contribution is 4.95. The van der Waals surface area contributed by atoms with E-state index in [1.165, 1.54) is 25.8 Å². The molecule has 1 heterocycles. The highest BCUT2D eigenvalue weighted by atomic mass is 15.2. The zero-order chi connectivity index (χ0) is 13.9. The summed E-state index contributed by atoms with van der Waals surface area (Å²) < 4.78 is 0. The molecule has 1 fully saturated rings. The number of likely N-dealkylation sites (tertiary alicyclic amines) is 1. The second kappa shape index (κ2) is 6.38. The van der Waals surface area contributed by atoms with Gasteiger partial charge in [-0.2, -0.15) is 0 Å². The Balaban J connectivity index is 2.77. The normalized spacial score (nSPS) is 33.7. The lowest BCUT2D eigenvalue weighted by molar-refractivity contribution is -0.0135. The van der Waals surface area contributed by atoms with Crippen LogP contribution >= 0.6 is 0 Å². The van der Waals surface area contributed by atoms with Gasteiger partial charge >= 0.3 is 0 Å². The van der Waals surface area contributed by atoms with E-state index in [0.29, 0.717) is 6.04 Å². The molecular weight excluding hydrogens is 220 g/mol. The molecule has 0 spiro atoms. The second-order valence-electron chi connectivity index (χ2n) is 7.34. The Hall–Kier alpha value is -0.0800. The van der Waals surface area contributed by atoms with Gasteiger partial charge in [-0.05, 0) is 50.9 Å². The van der Waals surface area contributed by atoms with Crippen molar-refractivity contribution in [3.63, 3.8) is 0 Å². The van der Waals surface area contributed by atoms with Crippen LogP contribution in [0.3, 0.4) is 0 Å². The molecule has 0 aliphatic carbocycles. The van der Waals surface area contributed by atoms with E-state index >= 15 is 0 Å². The molecule has 108 valence electrons. The van der Waals surface area contributed by atoms with E-state index in [1.54, 1.807) is 0 Å². The summed E-state index contributed by atoms with van der Waals surface area (Å²) in [5.74, 6) is 2.37. The van der Waals surface area contributed by atoms with Gasteiger partial charge in [0.2, 0.25) is 0 Å². The van der Waals surface area contributed by atoms with Crippen LogP contribution < -0.4 is 5.73 Å². The highest BCUT2D eigenvalue weighted by Gasteiger charge is 2.39. The fourth-order valence-corrected chi connectivity index (χ4v) is 3.39. The maximum Gasteiger partial charge on any atom is 0.0306 e. The van der Waals surface area contributed by atoms with Gasteiger partial charge in [0, 0.05) is 24.7 Å². The minimum atomic E-state index is 0.187. The highest BCUT2D eigenvalue weighted by Crippen LogP contribution is 2.34.